The van der Waals surface area contributed by atoms with Crippen molar-refractivity contribution in [1.29, 1.82) is 0 Å². The summed E-state index contributed by atoms with van der Waals surface area (Å²) in [7, 11) is 3.23. The molecule has 1 aliphatic heterocycles. The van der Waals surface area contributed by atoms with E-state index >= 15 is 0 Å². The van der Waals surface area contributed by atoms with Crippen LogP contribution in [0, 0.1) is 5.92 Å². The van der Waals surface area contributed by atoms with E-state index in [0.717, 1.165) is 49.2 Å². The van der Waals surface area contributed by atoms with Gasteiger partial charge in [-0.25, -0.2) is 0 Å². The van der Waals surface area contributed by atoms with E-state index < -0.39 is 0 Å². The fourth-order valence-corrected chi connectivity index (χ4v) is 4.28. The first-order chi connectivity index (χ1) is 15.4. The topological polar surface area (TPSA) is 38.8 Å². The number of ether oxygens (including phenoxy) is 2. The van der Waals surface area contributed by atoms with Crippen LogP contribution in [0.4, 0.5) is 0 Å². The molecule has 2 aliphatic rings. The predicted molar refractivity (Wildman–Crippen MR) is 152 cm³/mol. The van der Waals surface area contributed by atoms with Gasteiger partial charge >= 0.3 is 64.9 Å². The summed E-state index contributed by atoms with van der Waals surface area (Å²) in [5.74, 6) is 1.92. The Morgan fingerprint density at radius 1 is 1.03 bits per heavy atom. The van der Waals surface area contributed by atoms with E-state index in [1.807, 2.05) is 12.1 Å². The van der Waals surface area contributed by atoms with Crippen LogP contribution in [0.15, 0.2) is 54.1 Å². The van der Waals surface area contributed by atoms with Crippen molar-refractivity contribution >= 4 is 65.7 Å². The zero-order valence-corrected chi connectivity index (χ0v) is 26.1. The summed E-state index contributed by atoms with van der Waals surface area (Å²) in [6.07, 6.45) is 5.12. The first-order valence-electron chi connectivity index (χ1n) is 10.4. The molecule has 1 fully saturated rings. The molecule has 0 radical (unpaired) electrons. The van der Waals surface area contributed by atoms with Gasteiger partial charge in [-0.2, -0.15) is 0 Å². The monoisotopic (exact) mass is 809 g/mol. The number of carbonyl (C=O) groups is 1. The molecule has 0 N–H and O–H groups in total. The van der Waals surface area contributed by atoms with Gasteiger partial charge < -0.3 is 9.47 Å². The zero-order valence-electron chi connectivity index (χ0n) is 18.2. The minimum absolute atomic E-state index is 0.141. The fraction of sp³-hybridized carbons (Fsp3) is 0.375. The summed E-state index contributed by atoms with van der Waals surface area (Å²) < 4.78 is 10.7. The number of hydrogen-bond donors (Lipinski definition) is 0. The second-order valence-corrected chi connectivity index (χ2v) is 43.2. The SMILES string of the molecule is COc1cc2c(cc1OC)C(=O)C(=CC1CCN(Cc3ccccc3)CC1)C2.[I][V]([I])[I]. The molecule has 4 rings (SSSR count). The van der Waals surface area contributed by atoms with Crippen molar-refractivity contribution in [1.82, 2.24) is 4.90 Å². The van der Waals surface area contributed by atoms with Crippen LogP contribution in [0.2, 0.25) is 0 Å². The van der Waals surface area contributed by atoms with Gasteiger partial charge in [0.2, 0.25) is 0 Å². The number of likely N-dealkylation sites (tertiary alicyclic amines) is 1. The molecule has 0 spiro atoms. The summed E-state index contributed by atoms with van der Waals surface area (Å²) in [6.45, 7) is 3.16. The summed E-state index contributed by atoms with van der Waals surface area (Å²) in [5, 5.41) is 0. The van der Waals surface area contributed by atoms with Gasteiger partial charge in [-0.15, -0.1) is 0 Å². The van der Waals surface area contributed by atoms with Crippen LogP contribution in [0.1, 0.15) is 34.3 Å². The quantitative estimate of drug-likeness (QED) is 0.243. The van der Waals surface area contributed by atoms with Crippen LogP contribution in [0.5, 0.6) is 11.5 Å². The molecule has 1 saturated heterocycles. The molecule has 2 aromatic rings. The van der Waals surface area contributed by atoms with Crippen molar-refractivity contribution in [3.63, 3.8) is 0 Å². The van der Waals surface area contributed by atoms with Crippen LogP contribution < -0.4 is 9.47 Å². The Labute approximate surface area is 228 Å². The van der Waals surface area contributed by atoms with Crippen molar-refractivity contribution in [3.8, 4) is 11.5 Å². The first kappa shape index (κ1) is 26.8. The molecule has 2 aromatic carbocycles. The van der Waals surface area contributed by atoms with E-state index in [0.29, 0.717) is 23.8 Å². The van der Waals surface area contributed by atoms with Gasteiger partial charge in [-0.05, 0) is 55.1 Å². The van der Waals surface area contributed by atoms with Crippen molar-refractivity contribution < 1.29 is 19.2 Å². The Morgan fingerprint density at radius 2 is 1.62 bits per heavy atom. The van der Waals surface area contributed by atoms with E-state index in [-0.39, 0.29) is 10.7 Å². The third kappa shape index (κ3) is 7.59. The number of ketones is 1. The summed E-state index contributed by atoms with van der Waals surface area (Å²) >= 11 is 7.39. The van der Waals surface area contributed by atoms with Gasteiger partial charge in [0.15, 0.2) is 17.3 Å². The van der Waals surface area contributed by atoms with Gasteiger partial charge in [0.25, 0.3) is 0 Å². The Bertz CT molecular complexity index is 942. The standard InChI is InChI=1S/C24H27NO3.3HI.V/c1-27-22-14-19-13-20(24(26)21(19)15-23(22)28-2)12-17-8-10-25(11-9-17)16-18-6-4-3-5-7-18;;;;/h3-7,12,14-15,17H,8-11,13,16H2,1-2H3;3*1H;/q;;;;+3/p-3. The number of piperidine rings is 1. The molecule has 172 valence electrons. The van der Waals surface area contributed by atoms with E-state index in [1.54, 1.807) is 14.2 Å². The van der Waals surface area contributed by atoms with E-state index in [4.69, 9.17) is 9.47 Å². The number of methoxy groups -OCH3 is 2. The minimum atomic E-state index is -0.278. The average Bonchev–Trinajstić information content (AvgIpc) is 3.08. The van der Waals surface area contributed by atoms with Gasteiger partial charge in [-0.1, -0.05) is 36.4 Å². The normalized spacial score (nSPS) is 17.8. The summed E-state index contributed by atoms with van der Waals surface area (Å²) in [6, 6.07) is 14.4. The maximum absolute atomic E-state index is 12.9. The molecule has 1 heterocycles. The van der Waals surface area contributed by atoms with Crippen molar-refractivity contribution in [3.05, 3.63) is 70.8 Å². The Kier molecular flexibility index (Phi) is 11.1. The number of hydrogen-bond acceptors (Lipinski definition) is 4. The number of rotatable bonds is 5. The Hall–Kier alpha value is 0.184. The average molecular weight is 809 g/mol. The van der Waals surface area contributed by atoms with E-state index in [1.165, 1.54) is 5.56 Å². The number of nitrogens with zero attached hydrogens (tertiary/aromatic N) is 1. The molecule has 0 aromatic heterocycles. The molecule has 8 heteroatoms. The third-order valence-electron chi connectivity index (χ3n) is 5.84. The molecular formula is C24H27I3NO3V. The molecular weight excluding hydrogens is 782 g/mol. The van der Waals surface area contributed by atoms with Crippen LogP contribution in [-0.4, -0.2) is 38.0 Å². The zero-order chi connectivity index (χ0) is 23.1. The summed E-state index contributed by atoms with van der Waals surface area (Å²) in [5.41, 5.74) is 4.08. The molecule has 4 nitrogen and oxygen atoms in total. The first-order valence-corrected chi connectivity index (χ1v) is 24.0. The van der Waals surface area contributed by atoms with Crippen molar-refractivity contribution in [2.45, 2.75) is 25.8 Å². The van der Waals surface area contributed by atoms with Gasteiger partial charge in [0.1, 0.15) is 0 Å². The number of benzene rings is 2. The van der Waals surface area contributed by atoms with Crippen molar-refractivity contribution in [2.75, 3.05) is 27.3 Å². The molecule has 32 heavy (non-hydrogen) atoms. The van der Waals surface area contributed by atoms with Gasteiger partial charge in [-0.3, -0.25) is 9.69 Å². The number of halogens is 3. The number of Topliss-reactive ketones (excluding diaryl/α,β-unsaturated/α-hetero) is 1. The molecule has 0 unspecified atom stereocenters. The second-order valence-electron chi connectivity index (χ2n) is 7.85. The molecule has 0 bridgehead atoms. The van der Waals surface area contributed by atoms with Crippen molar-refractivity contribution in [2.24, 2.45) is 5.92 Å². The van der Waals surface area contributed by atoms with Crippen LogP contribution in [0.25, 0.3) is 0 Å². The number of carbonyl (C=O) groups excluding carboxylic acids is 1. The van der Waals surface area contributed by atoms with Crippen LogP contribution >= 0.6 is 59.9 Å². The Morgan fingerprint density at radius 3 is 2.22 bits per heavy atom. The predicted octanol–water partition coefficient (Wildman–Crippen LogP) is 6.94. The molecule has 0 saturated carbocycles. The van der Waals surface area contributed by atoms with Gasteiger partial charge in [0.05, 0.1) is 14.2 Å². The van der Waals surface area contributed by atoms with Crippen LogP contribution in [-0.2, 0) is 17.9 Å². The van der Waals surface area contributed by atoms with E-state index in [9.17, 15) is 4.79 Å². The van der Waals surface area contributed by atoms with Gasteiger partial charge in [0, 0.05) is 24.1 Å². The molecule has 0 atom stereocenters. The molecule has 1 aliphatic carbocycles. The second kappa shape index (κ2) is 13.3. The van der Waals surface area contributed by atoms with E-state index in [2.05, 4.69) is 101 Å². The Balaban J connectivity index is 0.000000668. The fourth-order valence-electron chi connectivity index (χ4n) is 4.28. The summed E-state index contributed by atoms with van der Waals surface area (Å²) in [4.78, 5) is 15.1. The number of allylic oxidation sites excluding steroid dienone is 2. The maximum atomic E-state index is 12.9. The van der Waals surface area contributed by atoms with Crippen LogP contribution in [0.3, 0.4) is 0 Å². The third-order valence-corrected chi connectivity index (χ3v) is 5.84. The number of fused-ring (bicyclic) bond motifs is 1. The molecule has 0 amide bonds.